The first-order valence-corrected chi connectivity index (χ1v) is 7.32. The van der Waals surface area contributed by atoms with Crippen molar-refractivity contribution < 1.29 is 8.78 Å². The fraction of sp³-hybridized carbons (Fsp3) is 0.333. The Morgan fingerprint density at radius 3 is 2.74 bits per heavy atom. The van der Waals surface area contributed by atoms with E-state index in [4.69, 9.17) is 0 Å². The Morgan fingerprint density at radius 1 is 1.21 bits per heavy atom. The second kappa shape index (κ2) is 6.78. The topological polar surface area (TPSA) is 12.0 Å². The summed E-state index contributed by atoms with van der Waals surface area (Å²) >= 11 is 1.65. The Hall–Kier alpha value is -1.26. The number of hydrogen-bond donors (Lipinski definition) is 1. The van der Waals surface area contributed by atoms with Crippen molar-refractivity contribution in [2.75, 3.05) is 6.54 Å². The highest BCUT2D eigenvalue weighted by molar-refractivity contribution is 7.07. The van der Waals surface area contributed by atoms with Gasteiger partial charge in [0.15, 0.2) is 11.6 Å². The summed E-state index contributed by atoms with van der Waals surface area (Å²) in [5, 5.41) is 7.45. The first kappa shape index (κ1) is 14.2. The van der Waals surface area contributed by atoms with E-state index >= 15 is 0 Å². The van der Waals surface area contributed by atoms with E-state index in [0.29, 0.717) is 12.0 Å². The highest BCUT2D eigenvalue weighted by Crippen LogP contribution is 2.16. The van der Waals surface area contributed by atoms with E-state index in [9.17, 15) is 8.78 Å². The summed E-state index contributed by atoms with van der Waals surface area (Å²) in [5.74, 6) is -1.50. The summed E-state index contributed by atoms with van der Waals surface area (Å²) < 4.78 is 26.9. The molecule has 1 nitrogen and oxygen atoms in total. The van der Waals surface area contributed by atoms with Crippen LogP contribution >= 0.6 is 11.3 Å². The van der Waals surface area contributed by atoms with Gasteiger partial charge in [0, 0.05) is 6.04 Å². The molecule has 1 heterocycles. The van der Waals surface area contributed by atoms with Crippen LogP contribution < -0.4 is 5.32 Å². The lowest BCUT2D eigenvalue weighted by Crippen LogP contribution is -2.33. The second-order valence-corrected chi connectivity index (χ2v) is 5.29. The second-order valence-electron chi connectivity index (χ2n) is 4.51. The standard InChI is InChI=1S/C15H17F2NS/c1-2-18-13(8-11-6-7-19-10-11)9-12-4-3-5-14(16)15(12)17/h3-7,10,13,18H,2,8-9H2,1H3. The zero-order chi connectivity index (χ0) is 13.7. The minimum Gasteiger partial charge on any atom is -0.314 e. The first-order chi connectivity index (χ1) is 9.20. The molecule has 0 aliphatic rings. The van der Waals surface area contributed by atoms with Crippen molar-refractivity contribution in [1.82, 2.24) is 5.32 Å². The van der Waals surface area contributed by atoms with Crippen LogP contribution in [0.1, 0.15) is 18.1 Å². The van der Waals surface area contributed by atoms with Crippen molar-refractivity contribution in [2.45, 2.75) is 25.8 Å². The van der Waals surface area contributed by atoms with Crippen molar-refractivity contribution in [2.24, 2.45) is 0 Å². The van der Waals surface area contributed by atoms with Gasteiger partial charge in [-0.2, -0.15) is 11.3 Å². The maximum absolute atomic E-state index is 13.7. The molecular weight excluding hydrogens is 264 g/mol. The molecule has 1 unspecified atom stereocenters. The van der Waals surface area contributed by atoms with Gasteiger partial charge in [-0.25, -0.2) is 8.78 Å². The van der Waals surface area contributed by atoms with E-state index in [1.807, 2.05) is 12.3 Å². The number of halogens is 2. The molecule has 0 amide bonds. The average Bonchev–Trinajstić information content (AvgIpc) is 2.88. The van der Waals surface area contributed by atoms with Crippen molar-refractivity contribution in [1.29, 1.82) is 0 Å². The molecule has 4 heteroatoms. The predicted octanol–water partition coefficient (Wildman–Crippen LogP) is 3.79. The maximum Gasteiger partial charge on any atom is 0.162 e. The molecule has 1 atom stereocenters. The molecule has 0 radical (unpaired) electrons. The van der Waals surface area contributed by atoms with Crippen molar-refractivity contribution in [3.05, 3.63) is 57.8 Å². The molecule has 2 aromatic rings. The number of hydrogen-bond acceptors (Lipinski definition) is 2. The van der Waals surface area contributed by atoms with Crippen LogP contribution in [0.4, 0.5) is 8.78 Å². The summed E-state index contributed by atoms with van der Waals surface area (Å²) in [6.07, 6.45) is 1.32. The van der Waals surface area contributed by atoms with Crippen LogP contribution in [0.25, 0.3) is 0 Å². The van der Waals surface area contributed by atoms with Gasteiger partial charge >= 0.3 is 0 Å². The quantitative estimate of drug-likeness (QED) is 0.849. The summed E-state index contributed by atoms with van der Waals surface area (Å²) in [4.78, 5) is 0. The zero-order valence-electron chi connectivity index (χ0n) is 10.8. The molecule has 0 saturated heterocycles. The third-order valence-corrected chi connectivity index (χ3v) is 3.78. The van der Waals surface area contributed by atoms with Gasteiger partial charge in [-0.05, 0) is 53.4 Å². The van der Waals surface area contributed by atoms with Gasteiger partial charge in [-0.15, -0.1) is 0 Å². The highest BCUT2D eigenvalue weighted by Gasteiger charge is 2.14. The van der Waals surface area contributed by atoms with Crippen molar-refractivity contribution >= 4 is 11.3 Å². The molecule has 0 fully saturated rings. The predicted molar refractivity (Wildman–Crippen MR) is 75.5 cm³/mol. The Kier molecular flexibility index (Phi) is 5.05. The van der Waals surface area contributed by atoms with Crippen molar-refractivity contribution in [3.63, 3.8) is 0 Å². The first-order valence-electron chi connectivity index (χ1n) is 6.38. The van der Waals surface area contributed by atoms with E-state index < -0.39 is 11.6 Å². The summed E-state index contributed by atoms with van der Waals surface area (Å²) in [6.45, 7) is 2.83. The molecular formula is C15H17F2NS. The van der Waals surface area contributed by atoms with Crippen LogP contribution in [-0.2, 0) is 12.8 Å². The number of nitrogens with one attached hydrogen (secondary N) is 1. The zero-order valence-corrected chi connectivity index (χ0v) is 11.6. The van der Waals surface area contributed by atoms with Gasteiger partial charge in [0.1, 0.15) is 0 Å². The molecule has 102 valence electrons. The van der Waals surface area contributed by atoms with E-state index in [1.165, 1.54) is 5.56 Å². The molecule has 1 N–H and O–H groups in total. The lowest BCUT2D eigenvalue weighted by atomic mass is 10.00. The maximum atomic E-state index is 13.7. The van der Waals surface area contributed by atoms with E-state index in [1.54, 1.807) is 23.5 Å². The number of benzene rings is 1. The van der Waals surface area contributed by atoms with E-state index in [2.05, 4.69) is 16.8 Å². The molecule has 2 rings (SSSR count). The lowest BCUT2D eigenvalue weighted by Gasteiger charge is -2.18. The summed E-state index contributed by atoms with van der Waals surface area (Å²) in [7, 11) is 0. The van der Waals surface area contributed by atoms with E-state index in [-0.39, 0.29) is 6.04 Å². The molecule has 1 aromatic heterocycles. The SMILES string of the molecule is CCNC(Cc1ccsc1)Cc1cccc(F)c1F. The van der Waals surface area contributed by atoms with E-state index in [0.717, 1.165) is 19.0 Å². The monoisotopic (exact) mass is 281 g/mol. The van der Waals surface area contributed by atoms with Crippen LogP contribution in [0.3, 0.4) is 0 Å². The van der Waals surface area contributed by atoms with Crippen LogP contribution in [-0.4, -0.2) is 12.6 Å². The number of thiophene rings is 1. The normalized spacial score (nSPS) is 12.6. The number of likely N-dealkylation sites (N-methyl/N-ethyl adjacent to an activating group) is 1. The third-order valence-electron chi connectivity index (χ3n) is 3.05. The minimum absolute atomic E-state index is 0.121. The van der Waals surface area contributed by atoms with Gasteiger partial charge in [0.25, 0.3) is 0 Å². The molecule has 0 saturated carbocycles. The molecule has 0 aliphatic heterocycles. The van der Waals surface area contributed by atoms with Crippen LogP contribution in [0.5, 0.6) is 0 Å². The third kappa shape index (κ3) is 3.85. The molecule has 0 aliphatic carbocycles. The molecule has 1 aromatic carbocycles. The fourth-order valence-electron chi connectivity index (χ4n) is 2.17. The number of rotatable bonds is 6. The van der Waals surface area contributed by atoms with Crippen LogP contribution in [0.2, 0.25) is 0 Å². The van der Waals surface area contributed by atoms with Gasteiger partial charge in [0.05, 0.1) is 0 Å². The van der Waals surface area contributed by atoms with Crippen molar-refractivity contribution in [3.8, 4) is 0 Å². The Labute approximate surface area is 116 Å². The molecule has 0 bridgehead atoms. The highest BCUT2D eigenvalue weighted by atomic mass is 32.1. The lowest BCUT2D eigenvalue weighted by molar-refractivity contribution is 0.474. The molecule has 19 heavy (non-hydrogen) atoms. The minimum atomic E-state index is -0.775. The summed E-state index contributed by atoms with van der Waals surface area (Å²) in [6, 6.07) is 6.55. The van der Waals surface area contributed by atoms with Gasteiger partial charge in [-0.3, -0.25) is 0 Å². The summed E-state index contributed by atoms with van der Waals surface area (Å²) in [5.41, 5.74) is 1.66. The average molecular weight is 281 g/mol. The fourth-order valence-corrected chi connectivity index (χ4v) is 2.85. The van der Waals surface area contributed by atoms with Gasteiger partial charge in [-0.1, -0.05) is 19.1 Å². The molecule has 0 spiro atoms. The Bertz CT molecular complexity index is 511. The largest absolute Gasteiger partial charge is 0.314 e. The Morgan fingerprint density at radius 2 is 2.05 bits per heavy atom. The van der Waals surface area contributed by atoms with Gasteiger partial charge < -0.3 is 5.32 Å². The van der Waals surface area contributed by atoms with Crippen LogP contribution in [0, 0.1) is 11.6 Å². The van der Waals surface area contributed by atoms with Gasteiger partial charge in [0.2, 0.25) is 0 Å². The smallest absolute Gasteiger partial charge is 0.162 e. The van der Waals surface area contributed by atoms with Crippen LogP contribution in [0.15, 0.2) is 35.0 Å². The Balaban J connectivity index is 2.09.